The van der Waals surface area contributed by atoms with E-state index >= 15 is 0 Å². The minimum atomic E-state index is 0.749. The maximum atomic E-state index is 3.70. The molecule has 0 amide bonds. The van der Waals surface area contributed by atoms with Crippen molar-refractivity contribution in [2.24, 2.45) is 5.92 Å². The van der Waals surface area contributed by atoms with Crippen LogP contribution in [0.15, 0.2) is 30.3 Å². The molecule has 0 radical (unpaired) electrons. The average molecular weight is 217 g/mol. The summed E-state index contributed by atoms with van der Waals surface area (Å²) < 4.78 is 0. The van der Waals surface area contributed by atoms with Gasteiger partial charge >= 0.3 is 0 Å². The first-order chi connectivity index (χ1) is 7.88. The van der Waals surface area contributed by atoms with E-state index in [1.807, 2.05) is 0 Å². The molecule has 0 heterocycles. The van der Waals surface area contributed by atoms with Crippen LogP contribution in [0.3, 0.4) is 0 Å². The number of hydrogen-bond acceptors (Lipinski definition) is 1. The normalized spacial score (nSPS) is 25.6. The number of hydrogen-bond donors (Lipinski definition) is 1. The molecule has 1 aromatic rings. The van der Waals surface area contributed by atoms with Gasteiger partial charge in [0.2, 0.25) is 0 Å². The molecular weight excluding hydrogens is 194 g/mol. The van der Waals surface area contributed by atoms with Crippen molar-refractivity contribution in [3.05, 3.63) is 35.9 Å². The molecular formula is C15H23N. The standard InChI is InChI=1S/C15H23N/c1-2-13-9-6-10-15(11-13)16-12-14-7-4-3-5-8-14/h3-5,7-8,13,15-16H,2,6,9-12H2,1H3. The SMILES string of the molecule is CCC1CCCC(NCc2ccccc2)C1. The fraction of sp³-hybridized carbons (Fsp3) is 0.600. The summed E-state index contributed by atoms with van der Waals surface area (Å²) >= 11 is 0. The van der Waals surface area contributed by atoms with E-state index in [1.54, 1.807) is 0 Å². The van der Waals surface area contributed by atoms with E-state index in [9.17, 15) is 0 Å². The molecule has 1 aliphatic carbocycles. The monoisotopic (exact) mass is 217 g/mol. The van der Waals surface area contributed by atoms with Crippen LogP contribution < -0.4 is 5.32 Å². The van der Waals surface area contributed by atoms with Crippen molar-refractivity contribution >= 4 is 0 Å². The summed E-state index contributed by atoms with van der Waals surface area (Å²) in [6.45, 7) is 3.35. The third kappa shape index (κ3) is 3.34. The van der Waals surface area contributed by atoms with Gasteiger partial charge in [-0.15, -0.1) is 0 Å². The molecule has 1 saturated carbocycles. The van der Waals surface area contributed by atoms with Gasteiger partial charge < -0.3 is 5.32 Å². The molecule has 2 rings (SSSR count). The molecule has 1 aromatic carbocycles. The smallest absolute Gasteiger partial charge is 0.0208 e. The van der Waals surface area contributed by atoms with E-state index in [2.05, 4.69) is 42.6 Å². The van der Waals surface area contributed by atoms with Crippen LogP contribution in [0.1, 0.15) is 44.6 Å². The van der Waals surface area contributed by atoms with Crippen molar-refractivity contribution < 1.29 is 0 Å². The van der Waals surface area contributed by atoms with Gasteiger partial charge in [-0.05, 0) is 24.3 Å². The quantitative estimate of drug-likeness (QED) is 0.810. The van der Waals surface area contributed by atoms with Crippen LogP contribution in [0.25, 0.3) is 0 Å². The van der Waals surface area contributed by atoms with Crippen LogP contribution >= 0.6 is 0 Å². The third-order valence-electron chi connectivity index (χ3n) is 3.80. The highest BCUT2D eigenvalue weighted by molar-refractivity contribution is 5.14. The lowest BCUT2D eigenvalue weighted by molar-refractivity contribution is 0.278. The molecule has 0 bridgehead atoms. The number of benzene rings is 1. The topological polar surface area (TPSA) is 12.0 Å². The Morgan fingerprint density at radius 3 is 2.75 bits per heavy atom. The molecule has 0 aliphatic heterocycles. The zero-order chi connectivity index (χ0) is 11.2. The first-order valence-corrected chi connectivity index (χ1v) is 6.65. The van der Waals surface area contributed by atoms with Crippen LogP contribution in [-0.4, -0.2) is 6.04 Å². The molecule has 1 aliphatic rings. The van der Waals surface area contributed by atoms with Gasteiger partial charge in [-0.25, -0.2) is 0 Å². The Bertz CT molecular complexity index is 294. The molecule has 1 heteroatoms. The van der Waals surface area contributed by atoms with E-state index in [1.165, 1.54) is 37.7 Å². The summed E-state index contributed by atoms with van der Waals surface area (Å²) in [6, 6.07) is 11.5. The molecule has 2 unspecified atom stereocenters. The summed E-state index contributed by atoms with van der Waals surface area (Å²) in [4.78, 5) is 0. The summed E-state index contributed by atoms with van der Waals surface area (Å²) in [6.07, 6.45) is 6.95. The highest BCUT2D eigenvalue weighted by Gasteiger charge is 2.19. The predicted molar refractivity (Wildman–Crippen MR) is 69.3 cm³/mol. The summed E-state index contributed by atoms with van der Waals surface area (Å²) in [5.74, 6) is 0.960. The molecule has 1 N–H and O–H groups in total. The highest BCUT2D eigenvalue weighted by Crippen LogP contribution is 2.26. The molecule has 1 fully saturated rings. The Morgan fingerprint density at radius 1 is 1.19 bits per heavy atom. The number of nitrogens with one attached hydrogen (secondary N) is 1. The molecule has 88 valence electrons. The Morgan fingerprint density at radius 2 is 2.00 bits per heavy atom. The van der Waals surface area contributed by atoms with Gasteiger partial charge in [0.15, 0.2) is 0 Å². The largest absolute Gasteiger partial charge is 0.310 e. The Labute approximate surface area is 99.3 Å². The molecule has 1 nitrogen and oxygen atoms in total. The minimum Gasteiger partial charge on any atom is -0.310 e. The highest BCUT2D eigenvalue weighted by atomic mass is 14.9. The van der Waals surface area contributed by atoms with Gasteiger partial charge in [-0.2, -0.15) is 0 Å². The van der Waals surface area contributed by atoms with Gasteiger partial charge in [0.25, 0.3) is 0 Å². The first kappa shape index (κ1) is 11.7. The van der Waals surface area contributed by atoms with Crippen molar-refractivity contribution in [1.82, 2.24) is 5.32 Å². The summed E-state index contributed by atoms with van der Waals surface area (Å²) in [7, 11) is 0. The van der Waals surface area contributed by atoms with Crippen LogP contribution in [0.2, 0.25) is 0 Å². The maximum Gasteiger partial charge on any atom is 0.0208 e. The minimum absolute atomic E-state index is 0.749. The van der Waals surface area contributed by atoms with Gasteiger partial charge in [0.05, 0.1) is 0 Å². The Balaban J connectivity index is 1.77. The lowest BCUT2D eigenvalue weighted by Gasteiger charge is -2.29. The van der Waals surface area contributed by atoms with Crippen LogP contribution in [0, 0.1) is 5.92 Å². The van der Waals surface area contributed by atoms with E-state index in [0.29, 0.717) is 0 Å². The van der Waals surface area contributed by atoms with Crippen LogP contribution in [0.4, 0.5) is 0 Å². The van der Waals surface area contributed by atoms with Gasteiger partial charge in [0.1, 0.15) is 0 Å². The Hall–Kier alpha value is -0.820. The van der Waals surface area contributed by atoms with E-state index < -0.39 is 0 Å². The average Bonchev–Trinajstić information content (AvgIpc) is 2.38. The predicted octanol–water partition coefficient (Wildman–Crippen LogP) is 3.75. The molecule has 0 aromatic heterocycles. The van der Waals surface area contributed by atoms with E-state index in [0.717, 1.165) is 18.5 Å². The second-order valence-electron chi connectivity index (χ2n) is 5.00. The van der Waals surface area contributed by atoms with E-state index in [-0.39, 0.29) is 0 Å². The van der Waals surface area contributed by atoms with E-state index in [4.69, 9.17) is 0 Å². The lowest BCUT2D eigenvalue weighted by atomic mass is 9.84. The van der Waals surface area contributed by atoms with Gasteiger partial charge in [-0.3, -0.25) is 0 Å². The molecule has 16 heavy (non-hydrogen) atoms. The third-order valence-corrected chi connectivity index (χ3v) is 3.80. The summed E-state index contributed by atoms with van der Waals surface area (Å²) in [5, 5.41) is 3.70. The maximum absolute atomic E-state index is 3.70. The van der Waals surface area contributed by atoms with Crippen LogP contribution in [-0.2, 0) is 6.54 Å². The Kier molecular flexibility index (Phi) is 4.41. The second-order valence-corrected chi connectivity index (χ2v) is 5.00. The zero-order valence-corrected chi connectivity index (χ0v) is 10.3. The first-order valence-electron chi connectivity index (χ1n) is 6.65. The molecule has 0 saturated heterocycles. The van der Waals surface area contributed by atoms with Crippen molar-refractivity contribution in [3.8, 4) is 0 Å². The fourth-order valence-corrected chi connectivity index (χ4v) is 2.71. The number of rotatable bonds is 4. The van der Waals surface area contributed by atoms with Gasteiger partial charge in [0, 0.05) is 12.6 Å². The fourth-order valence-electron chi connectivity index (χ4n) is 2.71. The summed E-state index contributed by atoms with van der Waals surface area (Å²) in [5.41, 5.74) is 1.40. The lowest BCUT2D eigenvalue weighted by Crippen LogP contribution is -2.33. The molecule has 2 atom stereocenters. The van der Waals surface area contributed by atoms with Gasteiger partial charge in [-0.1, -0.05) is 56.5 Å². The van der Waals surface area contributed by atoms with Crippen LogP contribution in [0.5, 0.6) is 0 Å². The molecule has 0 spiro atoms. The van der Waals surface area contributed by atoms with Crippen molar-refractivity contribution in [2.75, 3.05) is 0 Å². The van der Waals surface area contributed by atoms with Crippen molar-refractivity contribution in [2.45, 2.75) is 51.6 Å². The van der Waals surface area contributed by atoms with Crippen molar-refractivity contribution in [1.29, 1.82) is 0 Å². The van der Waals surface area contributed by atoms with Crippen molar-refractivity contribution in [3.63, 3.8) is 0 Å². The zero-order valence-electron chi connectivity index (χ0n) is 10.3. The second kappa shape index (κ2) is 6.05.